The molecule has 1 aromatic rings. The van der Waals surface area contributed by atoms with E-state index in [1.54, 1.807) is 17.9 Å². The van der Waals surface area contributed by atoms with Crippen LogP contribution >= 0.6 is 0 Å². The van der Waals surface area contributed by atoms with Gasteiger partial charge in [0.2, 0.25) is 10.0 Å². The standard InChI is InChI=1S/C14H26N4O2S/c1-3-4-9-17(2)21(19,20)14-11-16-18(12-14)10-5-8-15-13-6-7-13/h11-13,15H,3-10H2,1-2H3. The van der Waals surface area contributed by atoms with Crippen LogP contribution in [0, 0.1) is 0 Å². The molecule has 21 heavy (non-hydrogen) atoms. The smallest absolute Gasteiger partial charge is 0.245 e. The Balaban J connectivity index is 1.84. The molecule has 0 unspecified atom stereocenters. The van der Waals surface area contributed by atoms with Gasteiger partial charge in [0, 0.05) is 32.4 Å². The number of rotatable bonds is 10. The van der Waals surface area contributed by atoms with Gasteiger partial charge in [-0.05, 0) is 32.2 Å². The van der Waals surface area contributed by atoms with Gasteiger partial charge in [0.15, 0.2) is 0 Å². The molecule has 7 heteroatoms. The van der Waals surface area contributed by atoms with Gasteiger partial charge in [-0.15, -0.1) is 0 Å². The zero-order valence-corrected chi connectivity index (χ0v) is 13.8. The first-order valence-electron chi connectivity index (χ1n) is 7.76. The molecule has 0 aromatic carbocycles. The van der Waals surface area contributed by atoms with Gasteiger partial charge in [-0.3, -0.25) is 4.68 Å². The Bertz CT molecular complexity index is 537. The maximum Gasteiger partial charge on any atom is 0.245 e. The van der Waals surface area contributed by atoms with Gasteiger partial charge in [-0.1, -0.05) is 13.3 Å². The van der Waals surface area contributed by atoms with E-state index < -0.39 is 10.0 Å². The lowest BCUT2D eigenvalue weighted by atomic mass is 10.3. The van der Waals surface area contributed by atoms with E-state index in [-0.39, 0.29) is 4.90 Å². The molecular weight excluding hydrogens is 288 g/mol. The van der Waals surface area contributed by atoms with Gasteiger partial charge >= 0.3 is 0 Å². The highest BCUT2D eigenvalue weighted by atomic mass is 32.2. The van der Waals surface area contributed by atoms with Gasteiger partial charge in [0.25, 0.3) is 0 Å². The third kappa shape index (κ3) is 4.79. The van der Waals surface area contributed by atoms with Gasteiger partial charge < -0.3 is 5.32 Å². The maximum atomic E-state index is 12.3. The molecule has 1 N–H and O–H groups in total. The van der Waals surface area contributed by atoms with Crippen molar-refractivity contribution in [2.45, 2.75) is 56.5 Å². The molecule has 1 aromatic heterocycles. The third-order valence-corrected chi connectivity index (χ3v) is 5.53. The fraction of sp³-hybridized carbons (Fsp3) is 0.786. The molecule has 0 amide bonds. The topological polar surface area (TPSA) is 67.2 Å². The fourth-order valence-corrected chi connectivity index (χ4v) is 3.28. The van der Waals surface area contributed by atoms with Crippen molar-refractivity contribution in [3.63, 3.8) is 0 Å². The van der Waals surface area contributed by atoms with Crippen LogP contribution in [-0.4, -0.2) is 48.7 Å². The predicted molar refractivity (Wildman–Crippen MR) is 82.6 cm³/mol. The number of aryl methyl sites for hydroxylation is 1. The molecular formula is C14H26N4O2S. The fourth-order valence-electron chi connectivity index (χ4n) is 2.12. The lowest BCUT2D eigenvalue weighted by Crippen LogP contribution is -2.27. The van der Waals surface area contributed by atoms with E-state index >= 15 is 0 Å². The van der Waals surface area contributed by atoms with Crippen LogP contribution < -0.4 is 5.32 Å². The molecule has 0 radical (unpaired) electrons. The Labute approximate surface area is 127 Å². The molecule has 1 saturated carbocycles. The van der Waals surface area contributed by atoms with E-state index in [9.17, 15) is 8.42 Å². The summed E-state index contributed by atoms with van der Waals surface area (Å²) in [4.78, 5) is 0.288. The number of aromatic nitrogens is 2. The highest BCUT2D eigenvalue weighted by molar-refractivity contribution is 7.89. The highest BCUT2D eigenvalue weighted by Crippen LogP contribution is 2.18. The van der Waals surface area contributed by atoms with Crippen molar-refractivity contribution in [1.29, 1.82) is 0 Å². The maximum absolute atomic E-state index is 12.3. The lowest BCUT2D eigenvalue weighted by molar-refractivity contribution is 0.459. The number of nitrogens with one attached hydrogen (secondary N) is 1. The van der Waals surface area contributed by atoms with E-state index in [0.717, 1.165) is 32.4 Å². The molecule has 120 valence electrons. The van der Waals surface area contributed by atoms with Crippen molar-refractivity contribution in [1.82, 2.24) is 19.4 Å². The van der Waals surface area contributed by atoms with Crippen molar-refractivity contribution in [3.05, 3.63) is 12.4 Å². The summed E-state index contributed by atoms with van der Waals surface area (Å²) in [6, 6.07) is 0.714. The molecule has 0 spiro atoms. The number of nitrogens with zero attached hydrogens (tertiary/aromatic N) is 3. The molecule has 0 bridgehead atoms. The van der Waals surface area contributed by atoms with Gasteiger partial charge in [0.1, 0.15) is 4.90 Å². The van der Waals surface area contributed by atoms with Crippen LogP contribution in [0.1, 0.15) is 39.0 Å². The van der Waals surface area contributed by atoms with Crippen molar-refractivity contribution < 1.29 is 8.42 Å². The largest absolute Gasteiger partial charge is 0.314 e. The zero-order chi connectivity index (χ0) is 15.3. The van der Waals surface area contributed by atoms with Crippen molar-refractivity contribution in [2.75, 3.05) is 20.1 Å². The Morgan fingerprint density at radius 1 is 1.43 bits per heavy atom. The van der Waals surface area contributed by atoms with Crippen LogP contribution in [0.3, 0.4) is 0 Å². The summed E-state index contributed by atoms with van der Waals surface area (Å²) in [7, 11) is -1.76. The molecule has 6 nitrogen and oxygen atoms in total. The van der Waals surface area contributed by atoms with Gasteiger partial charge in [0.05, 0.1) is 6.20 Å². The molecule has 1 heterocycles. The second kappa shape index (κ2) is 7.38. The second-order valence-electron chi connectivity index (χ2n) is 5.70. The van der Waals surface area contributed by atoms with E-state index in [1.165, 1.54) is 23.3 Å². The summed E-state index contributed by atoms with van der Waals surface area (Å²) >= 11 is 0. The Morgan fingerprint density at radius 2 is 2.19 bits per heavy atom. The van der Waals surface area contributed by atoms with E-state index in [0.29, 0.717) is 12.6 Å². The highest BCUT2D eigenvalue weighted by Gasteiger charge is 2.22. The molecule has 1 aliphatic carbocycles. The van der Waals surface area contributed by atoms with Crippen molar-refractivity contribution in [2.24, 2.45) is 0 Å². The number of hydrogen-bond acceptors (Lipinski definition) is 4. The zero-order valence-electron chi connectivity index (χ0n) is 13.0. The first kappa shape index (κ1) is 16.5. The SMILES string of the molecule is CCCCN(C)S(=O)(=O)c1cnn(CCCNC2CC2)c1. The minimum atomic E-state index is -3.39. The average molecular weight is 314 g/mol. The first-order chi connectivity index (χ1) is 10.0. The summed E-state index contributed by atoms with van der Waals surface area (Å²) in [5.74, 6) is 0. The first-order valence-corrected chi connectivity index (χ1v) is 9.20. The molecule has 0 aliphatic heterocycles. The number of sulfonamides is 1. The quantitative estimate of drug-likeness (QED) is 0.664. The molecule has 0 atom stereocenters. The summed E-state index contributed by atoms with van der Waals surface area (Å²) in [6.45, 7) is 4.31. The summed E-state index contributed by atoms with van der Waals surface area (Å²) in [5.41, 5.74) is 0. The Morgan fingerprint density at radius 3 is 2.86 bits per heavy atom. The van der Waals surface area contributed by atoms with Crippen LogP contribution in [0.5, 0.6) is 0 Å². The Kier molecular flexibility index (Phi) is 5.78. The second-order valence-corrected chi connectivity index (χ2v) is 7.75. The van der Waals surface area contributed by atoms with Gasteiger partial charge in [-0.2, -0.15) is 5.10 Å². The normalized spacial score (nSPS) is 15.8. The van der Waals surface area contributed by atoms with E-state index in [4.69, 9.17) is 0 Å². The number of hydrogen-bond donors (Lipinski definition) is 1. The van der Waals surface area contributed by atoms with Crippen LogP contribution in [0.15, 0.2) is 17.3 Å². The number of unbranched alkanes of at least 4 members (excludes halogenated alkanes) is 1. The average Bonchev–Trinajstić information content (AvgIpc) is 3.16. The monoisotopic (exact) mass is 314 g/mol. The van der Waals surface area contributed by atoms with E-state index in [2.05, 4.69) is 10.4 Å². The van der Waals surface area contributed by atoms with Crippen molar-refractivity contribution in [3.8, 4) is 0 Å². The summed E-state index contributed by atoms with van der Waals surface area (Å²) in [5, 5.41) is 7.60. The third-order valence-electron chi connectivity index (χ3n) is 3.72. The van der Waals surface area contributed by atoms with Crippen molar-refractivity contribution >= 4 is 10.0 Å². The van der Waals surface area contributed by atoms with Crippen LogP contribution in [0.2, 0.25) is 0 Å². The van der Waals surface area contributed by atoms with Gasteiger partial charge in [-0.25, -0.2) is 12.7 Å². The van der Waals surface area contributed by atoms with E-state index in [1.807, 2.05) is 6.92 Å². The van der Waals surface area contributed by atoms with Crippen LogP contribution in [0.25, 0.3) is 0 Å². The molecule has 2 rings (SSSR count). The lowest BCUT2D eigenvalue weighted by Gasteiger charge is -2.15. The molecule has 1 aliphatic rings. The molecule has 0 saturated heterocycles. The van der Waals surface area contributed by atoms with Crippen LogP contribution in [0.4, 0.5) is 0 Å². The predicted octanol–water partition coefficient (Wildman–Crippen LogP) is 1.45. The minimum absolute atomic E-state index is 0.288. The molecule has 1 fully saturated rings. The Hall–Kier alpha value is -0.920. The minimum Gasteiger partial charge on any atom is -0.314 e. The summed E-state index contributed by atoms with van der Waals surface area (Å²) in [6.07, 6.45) is 8.47. The van der Waals surface area contributed by atoms with Crippen LogP contribution in [-0.2, 0) is 16.6 Å². The summed E-state index contributed by atoms with van der Waals surface area (Å²) < 4.78 is 27.8.